The van der Waals surface area contributed by atoms with Crippen LogP contribution in [0.2, 0.25) is 0 Å². The summed E-state index contributed by atoms with van der Waals surface area (Å²) in [5.41, 5.74) is 5.54. The van der Waals surface area contributed by atoms with Gasteiger partial charge in [0, 0.05) is 18.1 Å². The fourth-order valence-electron chi connectivity index (χ4n) is 3.36. The zero-order chi connectivity index (χ0) is 12.5. The number of nitrogens with two attached hydrogens (primary N) is 1. The van der Waals surface area contributed by atoms with Gasteiger partial charge >= 0.3 is 0 Å². The maximum atomic E-state index is 5.54. The largest absolute Gasteiger partial charge is 0.382 e. The Labute approximate surface area is 108 Å². The van der Waals surface area contributed by atoms with Crippen LogP contribution in [0.15, 0.2) is 12.1 Å². The van der Waals surface area contributed by atoms with E-state index in [1.54, 1.807) is 6.07 Å². The molecule has 1 aromatic rings. The van der Waals surface area contributed by atoms with Gasteiger partial charge in [-0.05, 0) is 44.9 Å². The number of nitrogen functional groups attached to an aromatic ring is 1. The van der Waals surface area contributed by atoms with Gasteiger partial charge in [0.05, 0.1) is 0 Å². The summed E-state index contributed by atoms with van der Waals surface area (Å²) in [6.07, 6.45) is 6.46. The molecule has 2 bridgehead atoms. The van der Waals surface area contributed by atoms with Crippen molar-refractivity contribution in [1.82, 2.24) is 15.1 Å². The van der Waals surface area contributed by atoms with E-state index in [2.05, 4.69) is 27.5 Å². The van der Waals surface area contributed by atoms with Gasteiger partial charge in [0.25, 0.3) is 0 Å². The van der Waals surface area contributed by atoms with Crippen LogP contribution in [-0.4, -0.2) is 40.3 Å². The van der Waals surface area contributed by atoms with Crippen molar-refractivity contribution >= 4 is 11.6 Å². The molecule has 1 aromatic heterocycles. The van der Waals surface area contributed by atoms with E-state index in [4.69, 9.17) is 5.73 Å². The molecule has 2 aliphatic rings. The zero-order valence-electron chi connectivity index (χ0n) is 10.8. The molecule has 3 N–H and O–H groups in total. The van der Waals surface area contributed by atoms with Crippen molar-refractivity contribution in [3.63, 3.8) is 0 Å². The molecule has 0 aromatic carbocycles. The molecule has 2 aliphatic heterocycles. The van der Waals surface area contributed by atoms with Crippen LogP contribution >= 0.6 is 0 Å². The highest BCUT2D eigenvalue weighted by atomic mass is 15.2. The van der Waals surface area contributed by atoms with Crippen molar-refractivity contribution < 1.29 is 0 Å². The molecule has 2 atom stereocenters. The minimum Gasteiger partial charge on any atom is -0.382 e. The predicted octanol–water partition coefficient (Wildman–Crippen LogP) is 1.49. The smallest absolute Gasteiger partial charge is 0.149 e. The first-order valence-electron chi connectivity index (χ1n) is 6.80. The molecular weight excluding hydrogens is 226 g/mol. The Morgan fingerprint density at radius 3 is 2.56 bits per heavy atom. The van der Waals surface area contributed by atoms with E-state index in [9.17, 15) is 0 Å². The van der Waals surface area contributed by atoms with Crippen molar-refractivity contribution in [2.24, 2.45) is 0 Å². The fourth-order valence-corrected chi connectivity index (χ4v) is 3.36. The van der Waals surface area contributed by atoms with Crippen molar-refractivity contribution in [2.45, 2.75) is 50.2 Å². The SMILES string of the molecule is CN1C2CCCC1CC(Nc1ccc(N)nn1)C2. The second-order valence-corrected chi connectivity index (χ2v) is 5.56. The molecule has 0 radical (unpaired) electrons. The third-order valence-corrected chi connectivity index (χ3v) is 4.38. The van der Waals surface area contributed by atoms with Crippen LogP contribution in [-0.2, 0) is 0 Å². The molecule has 3 rings (SSSR count). The van der Waals surface area contributed by atoms with Gasteiger partial charge in [-0.25, -0.2) is 0 Å². The molecule has 2 unspecified atom stereocenters. The maximum absolute atomic E-state index is 5.54. The molecular formula is C13H21N5. The van der Waals surface area contributed by atoms with Gasteiger partial charge in [0.2, 0.25) is 0 Å². The van der Waals surface area contributed by atoms with E-state index < -0.39 is 0 Å². The quantitative estimate of drug-likeness (QED) is 0.828. The van der Waals surface area contributed by atoms with E-state index >= 15 is 0 Å². The molecule has 18 heavy (non-hydrogen) atoms. The van der Waals surface area contributed by atoms with Crippen molar-refractivity contribution in [3.05, 3.63) is 12.1 Å². The topological polar surface area (TPSA) is 67.1 Å². The summed E-state index contributed by atoms with van der Waals surface area (Å²) in [5.74, 6) is 1.32. The average Bonchev–Trinajstić information content (AvgIpc) is 2.33. The number of nitrogens with zero attached hydrogens (tertiary/aromatic N) is 3. The first-order chi connectivity index (χ1) is 8.72. The summed E-state index contributed by atoms with van der Waals surface area (Å²) in [6.45, 7) is 0. The minimum atomic E-state index is 0.473. The van der Waals surface area contributed by atoms with E-state index in [1.165, 1.54) is 32.1 Å². The first kappa shape index (κ1) is 11.7. The Kier molecular flexibility index (Phi) is 3.07. The lowest BCUT2D eigenvalue weighted by Crippen LogP contribution is -2.52. The summed E-state index contributed by atoms with van der Waals surface area (Å²) in [5, 5.41) is 11.5. The normalized spacial score (nSPS) is 32.2. The Balaban J connectivity index is 1.66. The maximum Gasteiger partial charge on any atom is 0.149 e. The molecule has 98 valence electrons. The number of piperidine rings is 2. The number of hydrogen-bond acceptors (Lipinski definition) is 5. The van der Waals surface area contributed by atoms with Crippen LogP contribution < -0.4 is 11.1 Å². The summed E-state index contributed by atoms with van der Waals surface area (Å²) in [4.78, 5) is 2.57. The van der Waals surface area contributed by atoms with Gasteiger partial charge in [-0.3, -0.25) is 0 Å². The molecule has 3 heterocycles. The highest BCUT2D eigenvalue weighted by molar-refractivity contribution is 5.39. The van der Waals surface area contributed by atoms with E-state index in [0.29, 0.717) is 11.9 Å². The fraction of sp³-hybridized carbons (Fsp3) is 0.692. The second-order valence-electron chi connectivity index (χ2n) is 5.56. The second kappa shape index (κ2) is 4.72. The molecule has 0 spiro atoms. The third-order valence-electron chi connectivity index (χ3n) is 4.38. The van der Waals surface area contributed by atoms with Crippen molar-refractivity contribution in [2.75, 3.05) is 18.1 Å². The molecule has 5 heteroatoms. The molecule has 2 fully saturated rings. The molecule has 0 amide bonds. The van der Waals surface area contributed by atoms with Gasteiger partial charge in [-0.2, -0.15) is 0 Å². The third kappa shape index (κ3) is 2.27. The van der Waals surface area contributed by atoms with Crippen molar-refractivity contribution in [1.29, 1.82) is 0 Å². The number of fused-ring (bicyclic) bond motifs is 2. The first-order valence-corrected chi connectivity index (χ1v) is 6.80. The Morgan fingerprint density at radius 2 is 1.94 bits per heavy atom. The average molecular weight is 247 g/mol. The van der Waals surface area contributed by atoms with Gasteiger partial charge in [-0.1, -0.05) is 6.42 Å². The monoisotopic (exact) mass is 247 g/mol. The van der Waals surface area contributed by atoms with Crippen LogP contribution in [0, 0.1) is 0 Å². The summed E-state index contributed by atoms with van der Waals surface area (Å²) in [7, 11) is 2.27. The van der Waals surface area contributed by atoms with Gasteiger partial charge in [0.1, 0.15) is 11.6 Å². The summed E-state index contributed by atoms with van der Waals surface area (Å²) >= 11 is 0. The van der Waals surface area contributed by atoms with Gasteiger partial charge in [-0.15, -0.1) is 10.2 Å². The highest BCUT2D eigenvalue weighted by Crippen LogP contribution is 2.33. The van der Waals surface area contributed by atoms with Crippen molar-refractivity contribution in [3.8, 4) is 0 Å². The Hall–Kier alpha value is -1.36. The Bertz CT molecular complexity index is 390. The van der Waals surface area contributed by atoms with Crippen LogP contribution in [0.25, 0.3) is 0 Å². The number of anilines is 2. The minimum absolute atomic E-state index is 0.473. The summed E-state index contributed by atoms with van der Waals surface area (Å²) in [6, 6.07) is 5.70. The Morgan fingerprint density at radius 1 is 1.22 bits per heavy atom. The van der Waals surface area contributed by atoms with E-state index in [0.717, 1.165) is 17.9 Å². The zero-order valence-corrected chi connectivity index (χ0v) is 10.8. The number of hydrogen-bond donors (Lipinski definition) is 2. The lowest BCUT2D eigenvalue weighted by Gasteiger charge is -2.47. The highest BCUT2D eigenvalue weighted by Gasteiger charge is 2.35. The van der Waals surface area contributed by atoms with Gasteiger partial charge < -0.3 is 16.0 Å². The van der Waals surface area contributed by atoms with E-state index in [1.807, 2.05) is 6.07 Å². The van der Waals surface area contributed by atoms with Crippen LogP contribution in [0.3, 0.4) is 0 Å². The summed E-state index contributed by atoms with van der Waals surface area (Å²) < 4.78 is 0. The molecule has 0 aliphatic carbocycles. The van der Waals surface area contributed by atoms with E-state index in [-0.39, 0.29) is 0 Å². The lowest BCUT2D eigenvalue weighted by molar-refractivity contribution is 0.0608. The molecule has 5 nitrogen and oxygen atoms in total. The standard InChI is InChI=1S/C13H21N5/c1-18-10-3-2-4-11(18)8-9(7-10)15-13-6-5-12(14)16-17-13/h5-6,9-11H,2-4,7-8H2,1H3,(H2,14,16)(H,15,17). The number of aromatic nitrogens is 2. The van der Waals surface area contributed by atoms with Crippen LogP contribution in [0.1, 0.15) is 32.1 Å². The predicted molar refractivity (Wildman–Crippen MR) is 72.3 cm³/mol. The molecule has 0 saturated carbocycles. The number of rotatable bonds is 2. The van der Waals surface area contributed by atoms with Crippen LogP contribution in [0.4, 0.5) is 11.6 Å². The van der Waals surface area contributed by atoms with Crippen LogP contribution in [0.5, 0.6) is 0 Å². The number of nitrogens with one attached hydrogen (secondary N) is 1. The van der Waals surface area contributed by atoms with Gasteiger partial charge in [0.15, 0.2) is 0 Å². The lowest BCUT2D eigenvalue weighted by atomic mass is 9.82. The molecule has 2 saturated heterocycles.